The predicted octanol–water partition coefficient (Wildman–Crippen LogP) is 2.67. The zero-order valence-corrected chi connectivity index (χ0v) is 14.5. The Hall–Kier alpha value is -2.66. The Bertz CT molecular complexity index is 774. The second-order valence-electron chi connectivity index (χ2n) is 6.27. The Balaban J connectivity index is 1.78. The van der Waals surface area contributed by atoms with Crippen LogP contribution in [0, 0.1) is 13.8 Å². The van der Waals surface area contributed by atoms with Crippen molar-refractivity contribution in [2.24, 2.45) is 0 Å². The van der Waals surface area contributed by atoms with Crippen LogP contribution in [-0.4, -0.2) is 36.0 Å². The molecule has 3 rings (SSSR count). The molecule has 25 heavy (non-hydrogen) atoms. The summed E-state index contributed by atoms with van der Waals surface area (Å²) in [5.41, 5.74) is 3.88. The molecule has 2 amide bonds. The summed E-state index contributed by atoms with van der Waals surface area (Å²) in [6.07, 6.45) is 0. The van der Waals surface area contributed by atoms with Crippen LogP contribution in [0.4, 0.5) is 5.69 Å². The highest BCUT2D eigenvalue weighted by Crippen LogP contribution is 2.20. The number of amides is 2. The van der Waals surface area contributed by atoms with E-state index in [0.29, 0.717) is 6.54 Å². The molecule has 0 aliphatic carbocycles. The van der Waals surface area contributed by atoms with Gasteiger partial charge in [-0.3, -0.25) is 9.59 Å². The van der Waals surface area contributed by atoms with Gasteiger partial charge in [-0.15, -0.1) is 0 Å². The quantitative estimate of drug-likeness (QED) is 0.932. The first kappa shape index (κ1) is 17.2. The molecule has 1 aliphatic heterocycles. The molecule has 0 radical (unpaired) electrons. The van der Waals surface area contributed by atoms with E-state index in [4.69, 9.17) is 4.74 Å². The van der Waals surface area contributed by atoms with Gasteiger partial charge in [0.05, 0.1) is 6.61 Å². The Morgan fingerprint density at radius 2 is 1.92 bits per heavy atom. The summed E-state index contributed by atoms with van der Waals surface area (Å²) in [6, 6.07) is 14.8. The van der Waals surface area contributed by atoms with Gasteiger partial charge in [-0.2, -0.15) is 0 Å². The Morgan fingerprint density at radius 1 is 1.16 bits per heavy atom. The van der Waals surface area contributed by atoms with Gasteiger partial charge in [0, 0.05) is 12.2 Å². The number of aryl methyl sites for hydroxylation is 1. The molecule has 0 bridgehead atoms. The van der Waals surface area contributed by atoms with E-state index in [2.05, 4.69) is 5.32 Å². The van der Waals surface area contributed by atoms with Crippen molar-refractivity contribution in [3.05, 3.63) is 65.2 Å². The van der Waals surface area contributed by atoms with E-state index in [1.54, 1.807) is 4.90 Å². The maximum atomic E-state index is 12.8. The van der Waals surface area contributed by atoms with Crippen molar-refractivity contribution in [1.82, 2.24) is 4.90 Å². The number of nitrogens with one attached hydrogen (secondary N) is 1. The third-order valence-electron chi connectivity index (χ3n) is 4.56. The van der Waals surface area contributed by atoms with Crippen LogP contribution in [0.15, 0.2) is 48.5 Å². The number of carbonyl (C=O) groups excluding carboxylic acids is 2. The van der Waals surface area contributed by atoms with Crippen molar-refractivity contribution in [3.63, 3.8) is 0 Å². The summed E-state index contributed by atoms with van der Waals surface area (Å²) in [5.74, 6) is -0.395. The van der Waals surface area contributed by atoms with E-state index in [0.717, 1.165) is 22.4 Å². The minimum atomic E-state index is -0.638. The molecule has 1 saturated heterocycles. The average molecular weight is 338 g/mol. The molecule has 5 nitrogen and oxygen atoms in total. The second-order valence-corrected chi connectivity index (χ2v) is 6.27. The van der Waals surface area contributed by atoms with E-state index in [1.165, 1.54) is 0 Å². The highest BCUT2D eigenvalue weighted by Gasteiger charge is 2.34. The fraction of sp³-hybridized carbons (Fsp3) is 0.300. The van der Waals surface area contributed by atoms with Gasteiger partial charge < -0.3 is 15.0 Å². The van der Waals surface area contributed by atoms with Gasteiger partial charge in [0.25, 0.3) is 0 Å². The lowest BCUT2D eigenvalue weighted by atomic mass is 10.1. The molecule has 1 heterocycles. The number of rotatable bonds is 4. The minimum Gasteiger partial charge on any atom is -0.369 e. The molecule has 0 saturated carbocycles. The Morgan fingerprint density at radius 3 is 2.68 bits per heavy atom. The van der Waals surface area contributed by atoms with Crippen LogP contribution in [0.1, 0.15) is 16.7 Å². The van der Waals surface area contributed by atoms with Crippen molar-refractivity contribution in [2.45, 2.75) is 26.4 Å². The van der Waals surface area contributed by atoms with Crippen LogP contribution in [0.3, 0.4) is 0 Å². The first-order valence-electron chi connectivity index (χ1n) is 8.34. The van der Waals surface area contributed by atoms with E-state index in [-0.39, 0.29) is 25.0 Å². The van der Waals surface area contributed by atoms with Gasteiger partial charge in [0.1, 0.15) is 12.6 Å². The minimum absolute atomic E-state index is 0.0140. The third kappa shape index (κ3) is 3.88. The summed E-state index contributed by atoms with van der Waals surface area (Å²) in [4.78, 5) is 26.7. The normalized spacial score (nSPS) is 17.4. The molecule has 1 aliphatic rings. The maximum Gasteiger partial charge on any atom is 0.249 e. The summed E-state index contributed by atoms with van der Waals surface area (Å²) in [7, 11) is 0. The van der Waals surface area contributed by atoms with Crippen molar-refractivity contribution >= 4 is 17.5 Å². The SMILES string of the molecule is Cc1cccc(NC(=O)[C@@H]2COCC(=O)N2Cc2ccccc2)c1C. The van der Waals surface area contributed by atoms with Crippen molar-refractivity contribution < 1.29 is 14.3 Å². The molecule has 1 N–H and O–H groups in total. The lowest BCUT2D eigenvalue weighted by Crippen LogP contribution is -2.54. The number of carbonyl (C=O) groups is 2. The van der Waals surface area contributed by atoms with E-state index >= 15 is 0 Å². The van der Waals surface area contributed by atoms with Crippen molar-refractivity contribution in [2.75, 3.05) is 18.5 Å². The van der Waals surface area contributed by atoms with E-state index in [1.807, 2.05) is 62.4 Å². The van der Waals surface area contributed by atoms with Gasteiger partial charge in [0.15, 0.2) is 0 Å². The fourth-order valence-corrected chi connectivity index (χ4v) is 2.90. The summed E-state index contributed by atoms with van der Waals surface area (Å²) in [6.45, 7) is 4.58. The number of morpholine rings is 1. The first-order valence-corrected chi connectivity index (χ1v) is 8.34. The van der Waals surface area contributed by atoms with E-state index < -0.39 is 6.04 Å². The highest BCUT2D eigenvalue weighted by molar-refractivity contribution is 5.98. The standard InChI is InChI=1S/C20H22N2O3/c1-14-7-6-10-17(15(14)2)21-20(24)18-12-25-13-19(23)22(18)11-16-8-4-3-5-9-16/h3-10,18H,11-13H2,1-2H3,(H,21,24)/t18-/m0/s1. The van der Waals surface area contributed by atoms with Gasteiger partial charge >= 0.3 is 0 Å². The number of hydrogen-bond acceptors (Lipinski definition) is 3. The van der Waals surface area contributed by atoms with Crippen LogP contribution < -0.4 is 5.32 Å². The lowest BCUT2D eigenvalue weighted by molar-refractivity contribution is -0.154. The molecule has 0 aromatic heterocycles. The monoisotopic (exact) mass is 338 g/mol. The van der Waals surface area contributed by atoms with Crippen LogP contribution in [0.25, 0.3) is 0 Å². The molecular weight excluding hydrogens is 316 g/mol. The summed E-state index contributed by atoms with van der Waals surface area (Å²) < 4.78 is 5.32. The van der Waals surface area contributed by atoms with Gasteiger partial charge in [-0.05, 0) is 36.6 Å². The fourth-order valence-electron chi connectivity index (χ4n) is 2.90. The van der Waals surface area contributed by atoms with Crippen LogP contribution >= 0.6 is 0 Å². The number of hydrogen-bond donors (Lipinski definition) is 1. The van der Waals surface area contributed by atoms with Gasteiger partial charge in [-0.25, -0.2) is 0 Å². The van der Waals surface area contributed by atoms with Crippen LogP contribution in [-0.2, 0) is 20.9 Å². The molecule has 2 aromatic rings. The van der Waals surface area contributed by atoms with Crippen molar-refractivity contribution in [3.8, 4) is 0 Å². The van der Waals surface area contributed by atoms with Gasteiger partial charge in [0.2, 0.25) is 11.8 Å². The maximum absolute atomic E-state index is 12.8. The topological polar surface area (TPSA) is 58.6 Å². The number of anilines is 1. The number of benzene rings is 2. The van der Waals surface area contributed by atoms with Gasteiger partial charge in [-0.1, -0.05) is 42.5 Å². The average Bonchev–Trinajstić information content (AvgIpc) is 2.61. The number of nitrogens with zero attached hydrogens (tertiary/aromatic N) is 1. The van der Waals surface area contributed by atoms with Crippen LogP contribution in [0.2, 0.25) is 0 Å². The van der Waals surface area contributed by atoms with Crippen molar-refractivity contribution in [1.29, 1.82) is 0 Å². The molecule has 0 spiro atoms. The predicted molar refractivity (Wildman–Crippen MR) is 96.1 cm³/mol. The lowest BCUT2D eigenvalue weighted by Gasteiger charge is -2.34. The molecule has 5 heteroatoms. The highest BCUT2D eigenvalue weighted by atomic mass is 16.5. The van der Waals surface area contributed by atoms with Crippen LogP contribution in [0.5, 0.6) is 0 Å². The molecule has 1 atom stereocenters. The smallest absolute Gasteiger partial charge is 0.249 e. The second kappa shape index (κ2) is 7.49. The Kier molecular flexibility index (Phi) is 5.14. The molecule has 130 valence electrons. The zero-order chi connectivity index (χ0) is 17.8. The molecule has 2 aromatic carbocycles. The third-order valence-corrected chi connectivity index (χ3v) is 4.56. The Labute approximate surface area is 147 Å². The largest absolute Gasteiger partial charge is 0.369 e. The summed E-state index contributed by atoms with van der Waals surface area (Å²) >= 11 is 0. The summed E-state index contributed by atoms with van der Waals surface area (Å²) in [5, 5.41) is 2.94. The molecular formula is C20H22N2O3. The first-order chi connectivity index (χ1) is 12.1. The zero-order valence-electron chi connectivity index (χ0n) is 14.5. The molecule has 1 fully saturated rings. The van der Waals surface area contributed by atoms with E-state index in [9.17, 15) is 9.59 Å². The molecule has 0 unspecified atom stereocenters. The number of ether oxygens (including phenoxy) is 1.